The van der Waals surface area contributed by atoms with Gasteiger partial charge >= 0.3 is 12.3 Å². The van der Waals surface area contributed by atoms with Crippen LogP contribution in [0.2, 0.25) is 0 Å². The zero-order valence-corrected chi connectivity index (χ0v) is 17.3. The third-order valence-corrected chi connectivity index (χ3v) is 5.67. The molecule has 5 nitrogen and oxygen atoms in total. The fourth-order valence-corrected chi connectivity index (χ4v) is 3.78. The Balaban J connectivity index is 1.60. The van der Waals surface area contributed by atoms with Crippen molar-refractivity contribution < 1.29 is 40.7 Å². The molecule has 3 rings (SSSR count). The van der Waals surface area contributed by atoms with E-state index in [0.29, 0.717) is 4.90 Å². The number of carbonyl (C=O) groups excluding carboxylic acids is 2. The van der Waals surface area contributed by atoms with Crippen LogP contribution >= 0.6 is 23.4 Å². The summed E-state index contributed by atoms with van der Waals surface area (Å²) in [6.45, 7) is 0. The lowest BCUT2D eigenvalue weighted by atomic mass is 10.1. The van der Waals surface area contributed by atoms with Gasteiger partial charge in [-0.1, -0.05) is 11.6 Å². The molecule has 2 amide bonds. The van der Waals surface area contributed by atoms with Crippen LogP contribution in [0.15, 0.2) is 47.4 Å². The molecule has 0 saturated carbocycles. The lowest BCUT2D eigenvalue weighted by molar-refractivity contribution is -0.199. The van der Waals surface area contributed by atoms with Crippen molar-refractivity contribution in [3.8, 4) is 5.75 Å². The molecule has 0 saturated heterocycles. The van der Waals surface area contributed by atoms with Crippen LogP contribution in [0, 0.1) is 0 Å². The summed E-state index contributed by atoms with van der Waals surface area (Å²) in [5.74, 6) is -1.63. The van der Waals surface area contributed by atoms with E-state index in [2.05, 4.69) is 15.4 Å². The van der Waals surface area contributed by atoms with E-state index in [1.165, 1.54) is 18.2 Å². The van der Waals surface area contributed by atoms with Crippen molar-refractivity contribution in [1.29, 1.82) is 0 Å². The lowest BCUT2D eigenvalue weighted by Crippen LogP contribution is -2.33. The number of hydrogen-bond acceptors (Lipinski definition) is 4. The van der Waals surface area contributed by atoms with Crippen LogP contribution in [0.25, 0.3) is 0 Å². The van der Waals surface area contributed by atoms with E-state index in [-0.39, 0.29) is 17.8 Å². The maximum absolute atomic E-state index is 13.1. The van der Waals surface area contributed by atoms with E-state index in [9.17, 15) is 35.9 Å². The average molecular weight is 499 g/mol. The Labute approximate surface area is 186 Å². The van der Waals surface area contributed by atoms with E-state index in [0.717, 1.165) is 36.0 Å². The molecule has 0 fully saturated rings. The number of halogens is 7. The van der Waals surface area contributed by atoms with Gasteiger partial charge in [0.15, 0.2) is 0 Å². The third kappa shape index (κ3) is 5.80. The summed E-state index contributed by atoms with van der Waals surface area (Å²) in [5.41, 5.74) is -3.77. The highest BCUT2D eigenvalue weighted by Gasteiger charge is 2.42. The van der Waals surface area contributed by atoms with Gasteiger partial charge in [0.05, 0.1) is 16.5 Å². The zero-order valence-electron chi connectivity index (χ0n) is 15.7. The van der Waals surface area contributed by atoms with Crippen molar-refractivity contribution in [3.63, 3.8) is 0 Å². The monoisotopic (exact) mass is 498 g/mol. The fraction of sp³-hybridized carbons (Fsp3) is 0.263. The van der Waals surface area contributed by atoms with Crippen LogP contribution in [0.4, 0.5) is 37.7 Å². The SMILES string of the molecule is O=C(C[C@@H]1Sc2ccc(C(F)(F)F)cc2NC1=O)Nc1ccc(OC(F)(F)[C@H](F)Cl)cc1. The molecule has 0 spiro atoms. The Morgan fingerprint density at radius 3 is 2.41 bits per heavy atom. The molecule has 0 aliphatic carbocycles. The number of ether oxygens (including phenoxy) is 1. The summed E-state index contributed by atoms with van der Waals surface area (Å²) in [7, 11) is 0. The van der Waals surface area contributed by atoms with Crippen LogP contribution in [0.5, 0.6) is 5.75 Å². The van der Waals surface area contributed by atoms with Crippen molar-refractivity contribution in [2.75, 3.05) is 10.6 Å². The summed E-state index contributed by atoms with van der Waals surface area (Å²) < 4.78 is 81.4. The van der Waals surface area contributed by atoms with Crippen LogP contribution in [0.3, 0.4) is 0 Å². The maximum Gasteiger partial charge on any atom is 0.444 e. The molecule has 13 heteroatoms. The number of benzene rings is 2. The minimum atomic E-state index is -4.56. The molecule has 2 aromatic carbocycles. The quantitative estimate of drug-likeness (QED) is 0.399. The van der Waals surface area contributed by atoms with Gasteiger partial charge in [0.1, 0.15) is 5.75 Å². The number of anilines is 2. The first-order valence-corrected chi connectivity index (χ1v) is 10.1. The number of rotatable bonds is 6. The molecule has 0 bridgehead atoms. The van der Waals surface area contributed by atoms with Crippen LogP contribution < -0.4 is 15.4 Å². The Hall–Kier alpha value is -2.60. The summed E-state index contributed by atoms with van der Waals surface area (Å²) >= 11 is 5.64. The molecule has 0 radical (unpaired) electrons. The Bertz CT molecular complexity index is 1020. The molecule has 1 aliphatic heterocycles. The van der Waals surface area contributed by atoms with Gasteiger partial charge in [-0.3, -0.25) is 9.59 Å². The first-order valence-electron chi connectivity index (χ1n) is 8.79. The van der Waals surface area contributed by atoms with Crippen molar-refractivity contribution >= 4 is 46.6 Å². The molecule has 32 heavy (non-hydrogen) atoms. The van der Waals surface area contributed by atoms with E-state index >= 15 is 0 Å². The largest absolute Gasteiger partial charge is 0.444 e. The molecule has 0 aromatic heterocycles. The number of amides is 2. The van der Waals surface area contributed by atoms with Gasteiger partial charge in [-0.05, 0) is 42.5 Å². The molecule has 0 unspecified atom stereocenters. The van der Waals surface area contributed by atoms with Gasteiger partial charge in [0.2, 0.25) is 11.8 Å². The predicted octanol–water partition coefficient (Wildman–Crippen LogP) is 5.65. The highest BCUT2D eigenvalue weighted by atomic mass is 35.5. The lowest BCUT2D eigenvalue weighted by Gasteiger charge is -2.24. The average Bonchev–Trinajstić information content (AvgIpc) is 2.68. The van der Waals surface area contributed by atoms with E-state index in [1.54, 1.807) is 0 Å². The number of fused-ring (bicyclic) bond motifs is 1. The first-order chi connectivity index (χ1) is 14.8. The van der Waals surface area contributed by atoms with Gasteiger partial charge < -0.3 is 15.4 Å². The van der Waals surface area contributed by atoms with Gasteiger partial charge in [-0.2, -0.15) is 22.0 Å². The summed E-state index contributed by atoms with van der Waals surface area (Å²) in [5, 5.41) is 3.92. The summed E-state index contributed by atoms with van der Waals surface area (Å²) in [4.78, 5) is 24.8. The van der Waals surface area contributed by atoms with Gasteiger partial charge in [0, 0.05) is 17.0 Å². The first kappa shape index (κ1) is 24.1. The summed E-state index contributed by atoms with van der Waals surface area (Å²) in [6, 6.07) is 7.45. The number of carbonyl (C=O) groups is 2. The molecule has 1 aliphatic rings. The van der Waals surface area contributed by atoms with Gasteiger partial charge in [-0.25, -0.2) is 4.39 Å². The Kier molecular flexibility index (Phi) is 6.84. The minimum Gasteiger partial charge on any atom is -0.429 e. The van der Waals surface area contributed by atoms with E-state index in [4.69, 9.17) is 11.6 Å². The van der Waals surface area contributed by atoms with Crippen LogP contribution in [-0.2, 0) is 15.8 Å². The smallest absolute Gasteiger partial charge is 0.429 e. The maximum atomic E-state index is 13.1. The number of nitrogens with one attached hydrogen (secondary N) is 2. The van der Waals surface area contributed by atoms with E-state index < -0.39 is 46.3 Å². The topological polar surface area (TPSA) is 67.4 Å². The third-order valence-electron chi connectivity index (χ3n) is 4.14. The number of thioether (sulfide) groups is 1. The van der Waals surface area contributed by atoms with E-state index in [1.807, 2.05) is 0 Å². The van der Waals surface area contributed by atoms with Crippen LogP contribution in [-0.4, -0.2) is 28.8 Å². The molecule has 172 valence electrons. The normalized spacial score (nSPS) is 17.2. The Morgan fingerprint density at radius 2 is 1.81 bits per heavy atom. The molecule has 2 N–H and O–H groups in total. The van der Waals surface area contributed by atoms with Gasteiger partial charge in [-0.15, -0.1) is 11.8 Å². The van der Waals surface area contributed by atoms with Crippen molar-refractivity contribution in [2.45, 2.75) is 34.5 Å². The predicted molar refractivity (Wildman–Crippen MR) is 106 cm³/mol. The van der Waals surface area contributed by atoms with Crippen molar-refractivity contribution in [2.24, 2.45) is 0 Å². The molecular formula is C19H13ClF6N2O3S. The molecule has 1 heterocycles. The molecule has 2 atom stereocenters. The minimum absolute atomic E-state index is 0.00587. The second kappa shape index (κ2) is 9.10. The zero-order chi connectivity index (χ0) is 23.7. The van der Waals surface area contributed by atoms with Crippen LogP contribution in [0.1, 0.15) is 12.0 Å². The number of hydrogen-bond donors (Lipinski definition) is 2. The van der Waals surface area contributed by atoms with Crippen molar-refractivity contribution in [1.82, 2.24) is 0 Å². The second-order valence-electron chi connectivity index (χ2n) is 6.55. The summed E-state index contributed by atoms with van der Waals surface area (Å²) in [6.07, 6.45) is -9.10. The highest BCUT2D eigenvalue weighted by Crippen LogP contribution is 2.40. The highest BCUT2D eigenvalue weighted by molar-refractivity contribution is 8.01. The standard InChI is InChI=1S/C19H13ClF6N2O3S/c20-17(21)19(25,26)31-11-4-2-10(3-5-11)27-15(29)8-14-16(30)28-12-7-9(18(22,23)24)1-6-13(12)32-14/h1-7,14,17H,8H2,(H,27,29)(H,28,30)/t14-,17-/m0/s1. The molecular weight excluding hydrogens is 486 g/mol. The fourth-order valence-electron chi connectivity index (χ4n) is 2.65. The van der Waals surface area contributed by atoms with Crippen molar-refractivity contribution in [3.05, 3.63) is 48.0 Å². The molecule has 2 aromatic rings. The van der Waals surface area contributed by atoms with Gasteiger partial charge in [0.25, 0.3) is 5.63 Å². The number of alkyl halides is 7. The second-order valence-corrected chi connectivity index (χ2v) is 8.17. The Morgan fingerprint density at radius 1 is 1.16 bits per heavy atom.